The van der Waals surface area contributed by atoms with Crippen LogP contribution in [0.1, 0.15) is 423 Å². The molecular weight excluding hydrogens is 1410 g/mol. The van der Waals surface area contributed by atoms with Crippen molar-refractivity contribution >= 4 is 57.0 Å². The fraction of sp³-hybridized carbons (Fsp3) is 0.571. The minimum Gasteiger partial charge on any atom is -0.0561 e. The van der Waals surface area contributed by atoms with E-state index in [1.807, 2.05) is 0 Å². The van der Waals surface area contributed by atoms with E-state index in [4.69, 9.17) is 0 Å². The van der Waals surface area contributed by atoms with E-state index in [1.165, 1.54) is 131 Å². The van der Waals surface area contributed by atoms with Gasteiger partial charge in [0.1, 0.15) is 57.0 Å². The topological polar surface area (TPSA) is 0 Å². The molecule has 8 aromatic carbocycles. The summed E-state index contributed by atoms with van der Waals surface area (Å²) in [6.45, 7) is 115. The molecule has 0 nitrogen and oxygen atoms in total. The van der Waals surface area contributed by atoms with Gasteiger partial charge < -0.3 is 0 Å². The van der Waals surface area contributed by atoms with E-state index < -0.39 is 14.5 Å². The van der Waals surface area contributed by atoms with E-state index in [2.05, 4.69) is 478 Å². The largest absolute Gasteiger partial charge is 1.00 e. The zero-order chi connectivity index (χ0) is 87.8. The maximum absolute atomic E-state index is 2.73. The van der Waals surface area contributed by atoms with E-state index in [9.17, 15) is 0 Å². The van der Waals surface area contributed by atoms with Crippen LogP contribution in [0.15, 0.2) is 146 Å². The third kappa shape index (κ3) is 20.2. The molecule has 0 spiro atoms. The Labute approximate surface area is 707 Å². The quantitative estimate of drug-likeness (QED) is 0.133. The summed E-state index contributed by atoms with van der Waals surface area (Å²) in [7, 11) is -5.46. The number of hydrogen-bond donors (Lipinski definition) is 0. The molecule has 2 heteroatoms. The normalized spacial score (nSPS) is 14.3. The Balaban J connectivity index is 0.000000355. The van der Waals surface area contributed by atoms with Gasteiger partial charge in [0.15, 0.2) is 0 Å². The first-order valence-electron chi connectivity index (χ1n) is 43.7. The number of hydrogen-bond acceptors (Lipinski definition) is 0. The van der Waals surface area contributed by atoms with Crippen LogP contribution in [0.2, 0.25) is 0 Å². The first kappa shape index (κ1) is 95.8. The van der Waals surface area contributed by atoms with Gasteiger partial charge in [0.2, 0.25) is 0 Å². The monoisotopic (exact) mass is 1580 g/mol. The summed E-state index contributed by atoms with van der Waals surface area (Å²) in [6, 6.07) is 61.5. The van der Waals surface area contributed by atoms with Gasteiger partial charge in [-0.15, -0.1) is 0 Å². The van der Waals surface area contributed by atoms with Gasteiger partial charge in [-0.05, 0) is 180 Å². The molecule has 0 amide bonds. The molecule has 0 unspecified atom stereocenters. The first-order chi connectivity index (χ1) is 50.7. The highest BCUT2D eigenvalue weighted by Crippen LogP contribution is 2.64. The van der Waals surface area contributed by atoms with Gasteiger partial charge in [0, 0.05) is 44.5 Å². The van der Waals surface area contributed by atoms with E-state index in [1.54, 1.807) is 0 Å². The molecule has 0 N–H and O–H groups in total. The molecule has 0 radical (unpaired) electrons. The van der Waals surface area contributed by atoms with Crippen molar-refractivity contribution in [3.63, 3.8) is 0 Å². The molecule has 0 saturated heterocycles. The molecule has 0 saturated carbocycles. The van der Waals surface area contributed by atoms with E-state index in [-0.39, 0.29) is 88.1 Å². The molecule has 8 aromatic rings. The van der Waals surface area contributed by atoms with Gasteiger partial charge >= 0.3 is 1.43 Å². The fourth-order valence-corrected chi connectivity index (χ4v) is 28.3. The zero-order valence-corrected chi connectivity index (χ0v) is 84.5. The maximum Gasteiger partial charge on any atom is 1.00 e. The van der Waals surface area contributed by atoms with Gasteiger partial charge in [-0.1, -0.05) is 429 Å². The van der Waals surface area contributed by atoms with Gasteiger partial charge in [-0.25, -0.2) is 0 Å². The van der Waals surface area contributed by atoms with Crippen LogP contribution in [-0.4, -0.2) is 0 Å². The summed E-state index contributed by atoms with van der Waals surface area (Å²) in [4.78, 5) is 0. The van der Waals surface area contributed by atoms with Gasteiger partial charge in [-0.2, -0.15) is 0 Å². The summed E-state index contributed by atoms with van der Waals surface area (Å²) in [5, 5.41) is 12.0. The van der Waals surface area contributed by atoms with Crippen molar-refractivity contribution in [2.24, 2.45) is 0 Å². The Bertz CT molecular complexity index is 3860. The Hall–Kier alpha value is -5.38. The lowest BCUT2D eigenvalue weighted by atomic mass is 9.80. The zero-order valence-electron chi connectivity index (χ0n) is 83.8. The highest BCUT2D eigenvalue weighted by molar-refractivity contribution is 8.02. The highest BCUT2D eigenvalue weighted by Gasteiger charge is 2.59. The molecule has 8 rings (SSSR count). The lowest BCUT2D eigenvalue weighted by molar-refractivity contribution is 0.568. The summed E-state index contributed by atoms with van der Waals surface area (Å²) >= 11 is 0. The summed E-state index contributed by atoms with van der Waals surface area (Å²) in [6.07, 6.45) is 0. The second kappa shape index (κ2) is 31.0. The van der Waals surface area contributed by atoms with Crippen molar-refractivity contribution in [3.8, 4) is 0 Å². The Morgan fingerprint density at radius 1 is 0.123 bits per heavy atom. The molecule has 114 heavy (non-hydrogen) atoms. The van der Waals surface area contributed by atoms with Gasteiger partial charge in [0.25, 0.3) is 0 Å². The summed E-state index contributed by atoms with van der Waals surface area (Å²) in [5.74, 6) is 0. The number of rotatable bonds is 8. The average Bonchev–Trinajstić information content (AvgIpc) is 0.695. The third-order valence-corrected chi connectivity index (χ3v) is 33.2. The lowest BCUT2D eigenvalue weighted by Gasteiger charge is -2.41. The van der Waals surface area contributed by atoms with Crippen molar-refractivity contribution in [1.82, 2.24) is 0 Å². The maximum atomic E-state index is 2.60. The fourth-order valence-electron chi connectivity index (χ4n) is 16.7. The Morgan fingerprint density at radius 2 is 0.202 bits per heavy atom. The highest BCUT2D eigenvalue weighted by atomic mass is 31.2. The summed E-state index contributed by atoms with van der Waals surface area (Å²) < 4.78 is 0. The van der Waals surface area contributed by atoms with Crippen molar-refractivity contribution in [2.45, 2.75) is 419 Å². The van der Waals surface area contributed by atoms with Gasteiger partial charge in [-0.3, -0.25) is 0 Å². The Morgan fingerprint density at radius 3 is 0.263 bits per heavy atom. The SMILES string of the molecule is CC(C)(C)c1ccc([P+](c2ccc(C(C)(C)C)cc2C(C)(C)C)(c2ccc(C(C)(C)C)cc2C(C)(C)C)c2ccc(C(C)(C)C)cc2C(C)(C)C)c(C(C)(C)C)c1.CC(C)(C)c1ccc([P+](c2ccc(C(C)(C)C)cc2C(C)(C)C)(c2ccc(C(C)(C)C)cc2C(C)(C)C)c2ccc(C(C)(C)C)cc2C(C)(C)C)c(C(C)(C)C)c1.[H+]. The average molecular weight is 1580 g/mol. The van der Waals surface area contributed by atoms with Crippen LogP contribution in [0.5, 0.6) is 0 Å². The van der Waals surface area contributed by atoms with Crippen LogP contribution in [0.3, 0.4) is 0 Å². The van der Waals surface area contributed by atoms with Crippen LogP contribution in [0, 0.1) is 0 Å². The minimum atomic E-state index is -2.73. The van der Waals surface area contributed by atoms with Gasteiger partial charge in [0.05, 0.1) is 0 Å². The molecule has 624 valence electrons. The van der Waals surface area contributed by atoms with E-state index >= 15 is 0 Å². The smallest absolute Gasteiger partial charge is 0.0561 e. The molecule has 0 aromatic heterocycles. The Kier molecular flexibility index (Phi) is 26.0. The van der Waals surface area contributed by atoms with Crippen LogP contribution in [0.25, 0.3) is 0 Å². The van der Waals surface area contributed by atoms with Crippen molar-refractivity contribution in [2.75, 3.05) is 0 Å². The van der Waals surface area contributed by atoms with Crippen LogP contribution < -0.4 is 42.4 Å². The molecule has 0 aliphatic carbocycles. The van der Waals surface area contributed by atoms with Crippen molar-refractivity contribution < 1.29 is 1.43 Å². The van der Waals surface area contributed by atoms with Crippen molar-refractivity contribution in [3.05, 3.63) is 235 Å². The molecule has 0 aliphatic heterocycles. The number of benzene rings is 8. The second-order valence-corrected chi connectivity index (χ2v) is 57.7. The standard InChI is InChI=1S/2C56H84P/c2*1-49(2,3)37-25-29-45(41(33-37)53(13,14)15)57(46-30-26-38(50(4,5)6)34-42(46)54(16,17)18,47-31-27-39(51(7,8)9)35-43(47)55(19,20)21)48-32-28-40(52(10,11)12)36-44(48)56(22,23)24/h2*25-36H,1-24H3/q2*+1/p+1. The molecule has 0 aliphatic rings. The van der Waals surface area contributed by atoms with E-state index in [0.717, 1.165) is 0 Å². The van der Waals surface area contributed by atoms with E-state index in [0.29, 0.717) is 0 Å². The molecule has 0 atom stereocenters. The lowest BCUT2D eigenvalue weighted by Crippen LogP contribution is -2.48. The third-order valence-electron chi connectivity index (χ3n) is 24.3. The molecular formula is C112H169P2+3. The van der Waals surface area contributed by atoms with Crippen LogP contribution in [-0.2, 0) is 86.6 Å². The van der Waals surface area contributed by atoms with Crippen LogP contribution in [0.4, 0.5) is 0 Å². The minimum absolute atomic E-state index is 0. The molecule has 0 bridgehead atoms. The van der Waals surface area contributed by atoms with Crippen LogP contribution >= 0.6 is 14.5 Å². The predicted octanol–water partition coefficient (Wildman–Crippen LogP) is 29.5. The molecule has 0 heterocycles. The van der Waals surface area contributed by atoms with Crippen molar-refractivity contribution in [1.29, 1.82) is 0 Å². The second-order valence-electron chi connectivity index (χ2n) is 51.2. The predicted molar refractivity (Wildman–Crippen MR) is 523 cm³/mol. The first-order valence-corrected chi connectivity index (χ1v) is 47.3. The summed E-state index contributed by atoms with van der Waals surface area (Å²) in [5.41, 5.74) is 22.0. The molecule has 0 fully saturated rings.